The molecule has 1 amide bonds. The maximum Gasteiger partial charge on any atom is 0.260 e. The van der Waals surface area contributed by atoms with Gasteiger partial charge in [0.25, 0.3) is 5.91 Å². The minimum Gasteiger partial charge on any atom is -0.399 e. The predicted octanol–water partition coefficient (Wildman–Crippen LogP) is 1.80. The Hall–Kier alpha value is -2.96. The van der Waals surface area contributed by atoms with Crippen LogP contribution in [0.5, 0.6) is 0 Å². The fourth-order valence-corrected chi connectivity index (χ4v) is 2.00. The number of aryl methyl sites for hydroxylation is 2. The number of anilines is 2. The van der Waals surface area contributed by atoms with Gasteiger partial charge >= 0.3 is 0 Å². The van der Waals surface area contributed by atoms with Gasteiger partial charge in [0.2, 0.25) is 5.95 Å². The van der Waals surface area contributed by atoms with E-state index in [0.29, 0.717) is 11.3 Å². The highest BCUT2D eigenvalue weighted by molar-refractivity contribution is 6.12. The molecule has 0 aliphatic rings. The minimum atomic E-state index is -0.308. The first kappa shape index (κ1) is 13.0. The normalized spacial score (nSPS) is 10.8. The Bertz CT molecular complexity index is 839. The van der Waals surface area contributed by atoms with E-state index in [1.165, 1.54) is 0 Å². The standard InChI is InChI=1S/C14H14N6O/c1-7-8(2)19-20-14(17-7)18-13(21)11-6-16-12-4-3-9(15)5-10(11)12/h3-6,16H,15H2,1-2H3,(H,17,18,20,21). The smallest absolute Gasteiger partial charge is 0.260 e. The molecule has 3 aromatic rings. The number of H-pyrrole nitrogens is 1. The van der Waals surface area contributed by atoms with Crippen LogP contribution in [0, 0.1) is 13.8 Å². The average Bonchev–Trinajstić information content (AvgIpc) is 2.86. The van der Waals surface area contributed by atoms with E-state index in [-0.39, 0.29) is 11.9 Å². The SMILES string of the molecule is Cc1nnc(NC(=O)c2c[nH]c3ccc(N)cc23)nc1C. The number of fused-ring (bicyclic) bond motifs is 1. The number of aromatic nitrogens is 4. The molecule has 0 atom stereocenters. The van der Waals surface area contributed by atoms with Crippen molar-refractivity contribution in [1.82, 2.24) is 20.2 Å². The van der Waals surface area contributed by atoms with Crippen molar-refractivity contribution in [3.8, 4) is 0 Å². The topological polar surface area (TPSA) is 110 Å². The maximum atomic E-state index is 12.3. The van der Waals surface area contributed by atoms with Crippen molar-refractivity contribution in [1.29, 1.82) is 0 Å². The Kier molecular flexibility index (Phi) is 3.02. The van der Waals surface area contributed by atoms with E-state index in [0.717, 1.165) is 22.3 Å². The van der Waals surface area contributed by atoms with E-state index >= 15 is 0 Å². The van der Waals surface area contributed by atoms with Crippen molar-refractivity contribution in [2.75, 3.05) is 11.1 Å². The molecule has 0 unspecified atom stereocenters. The molecule has 0 aliphatic carbocycles. The lowest BCUT2D eigenvalue weighted by Crippen LogP contribution is -2.15. The van der Waals surface area contributed by atoms with Crippen molar-refractivity contribution in [3.05, 3.63) is 41.3 Å². The number of carbonyl (C=O) groups excluding carboxylic acids is 1. The first-order chi connectivity index (χ1) is 10.0. The molecule has 7 heteroatoms. The largest absolute Gasteiger partial charge is 0.399 e. The Labute approximate surface area is 120 Å². The fraction of sp³-hybridized carbons (Fsp3) is 0.143. The van der Waals surface area contributed by atoms with Crippen molar-refractivity contribution in [3.63, 3.8) is 0 Å². The third-order valence-corrected chi connectivity index (χ3v) is 3.27. The average molecular weight is 282 g/mol. The summed E-state index contributed by atoms with van der Waals surface area (Å²) in [5, 5.41) is 11.2. The first-order valence-corrected chi connectivity index (χ1v) is 6.40. The van der Waals surface area contributed by atoms with Crippen LogP contribution >= 0.6 is 0 Å². The van der Waals surface area contributed by atoms with Crippen molar-refractivity contribution < 1.29 is 4.79 Å². The van der Waals surface area contributed by atoms with E-state index in [1.54, 1.807) is 18.3 Å². The second kappa shape index (κ2) is 4.86. The van der Waals surface area contributed by atoms with Crippen LogP contribution in [0.15, 0.2) is 24.4 Å². The molecule has 0 radical (unpaired) electrons. The van der Waals surface area contributed by atoms with Crippen molar-refractivity contribution in [2.45, 2.75) is 13.8 Å². The summed E-state index contributed by atoms with van der Waals surface area (Å²) in [4.78, 5) is 19.5. The van der Waals surface area contributed by atoms with Crippen LogP contribution in [-0.4, -0.2) is 26.1 Å². The summed E-state index contributed by atoms with van der Waals surface area (Å²) in [6, 6.07) is 5.35. The summed E-state index contributed by atoms with van der Waals surface area (Å²) < 4.78 is 0. The van der Waals surface area contributed by atoms with Crippen LogP contribution in [0.3, 0.4) is 0 Å². The number of hydrogen-bond donors (Lipinski definition) is 3. The minimum absolute atomic E-state index is 0.182. The Balaban J connectivity index is 1.93. The highest BCUT2D eigenvalue weighted by atomic mass is 16.1. The number of aromatic amines is 1. The lowest BCUT2D eigenvalue weighted by molar-refractivity contribution is 0.102. The molecular formula is C14H14N6O. The highest BCUT2D eigenvalue weighted by Crippen LogP contribution is 2.21. The number of nitrogens with zero attached hydrogens (tertiary/aromatic N) is 3. The van der Waals surface area contributed by atoms with Gasteiger partial charge in [-0.25, -0.2) is 4.98 Å². The third kappa shape index (κ3) is 2.40. The molecule has 4 N–H and O–H groups in total. The Morgan fingerprint density at radius 1 is 1.24 bits per heavy atom. The molecule has 3 rings (SSSR count). The van der Waals surface area contributed by atoms with Crippen LogP contribution in [0.25, 0.3) is 10.9 Å². The zero-order valence-electron chi connectivity index (χ0n) is 11.6. The van der Waals surface area contributed by atoms with Gasteiger partial charge in [-0.3, -0.25) is 10.1 Å². The number of benzene rings is 1. The van der Waals surface area contributed by atoms with Crippen molar-refractivity contribution in [2.24, 2.45) is 0 Å². The second-order valence-corrected chi connectivity index (χ2v) is 4.77. The van der Waals surface area contributed by atoms with Gasteiger partial charge in [-0.1, -0.05) is 0 Å². The van der Waals surface area contributed by atoms with Crippen LogP contribution < -0.4 is 11.1 Å². The van der Waals surface area contributed by atoms with Gasteiger partial charge in [0.15, 0.2) is 0 Å². The first-order valence-electron chi connectivity index (χ1n) is 6.40. The van der Waals surface area contributed by atoms with E-state index in [9.17, 15) is 4.79 Å². The van der Waals surface area contributed by atoms with Gasteiger partial charge in [-0.05, 0) is 32.0 Å². The lowest BCUT2D eigenvalue weighted by Gasteiger charge is -2.04. The molecular weight excluding hydrogens is 268 g/mol. The van der Waals surface area contributed by atoms with Gasteiger partial charge in [-0.15, -0.1) is 5.10 Å². The molecule has 0 aliphatic heterocycles. The Morgan fingerprint density at radius 2 is 2.05 bits per heavy atom. The third-order valence-electron chi connectivity index (χ3n) is 3.27. The number of nitrogens with two attached hydrogens (primary N) is 1. The monoisotopic (exact) mass is 282 g/mol. The second-order valence-electron chi connectivity index (χ2n) is 4.77. The van der Waals surface area contributed by atoms with E-state index < -0.39 is 0 Å². The number of rotatable bonds is 2. The zero-order chi connectivity index (χ0) is 15.0. The molecule has 2 aromatic heterocycles. The zero-order valence-corrected chi connectivity index (χ0v) is 11.6. The number of hydrogen-bond acceptors (Lipinski definition) is 5. The lowest BCUT2D eigenvalue weighted by atomic mass is 10.1. The summed E-state index contributed by atoms with van der Waals surface area (Å²) in [6.45, 7) is 3.62. The molecule has 0 fully saturated rings. The van der Waals surface area contributed by atoms with Gasteiger partial charge in [-0.2, -0.15) is 5.10 Å². The van der Waals surface area contributed by atoms with Gasteiger partial charge in [0.05, 0.1) is 17.0 Å². The van der Waals surface area contributed by atoms with E-state index in [4.69, 9.17) is 5.73 Å². The quantitative estimate of drug-likeness (QED) is 0.621. The predicted molar refractivity (Wildman–Crippen MR) is 80.0 cm³/mol. The number of nitrogens with one attached hydrogen (secondary N) is 2. The van der Waals surface area contributed by atoms with E-state index in [1.807, 2.05) is 19.9 Å². The number of nitrogen functional groups attached to an aromatic ring is 1. The van der Waals surface area contributed by atoms with Gasteiger partial charge in [0.1, 0.15) is 0 Å². The molecule has 106 valence electrons. The van der Waals surface area contributed by atoms with Gasteiger partial charge < -0.3 is 10.7 Å². The molecule has 0 spiro atoms. The Morgan fingerprint density at radius 3 is 2.81 bits per heavy atom. The maximum absolute atomic E-state index is 12.3. The summed E-state index contributed by atoms with van der Waals surface area (Å²) in [7, 11) is 0. The van der Waals surface area contributed by atoms with Crippen LogP contribution in [-0.2, 0) is 0 Å². The summed E-state index contributed by atoms with van der Waals surface area (Å²) >= 11 is 0. The fourth-order valence-electron chi connectivity index (χ4n) is 2.00. The summed E-state index contributed by atoms with van der Waals surface area (Å²) in [5.41, 5.74) is 9.14. The number of carbonyl (C=O) groups is 1. The highest BCUT2D eigenvalue weighted by Gasteiger charge is 2.14. The van der Waals surface area contributed by atoms with Crippen molar-refractivity contribution >= 4 is 28.4 Å². The summed E-state index contributed by atoms with van der Waals surface area (Å²) in [6.07, 6.45) is 1.63. The molecule has 2 heterocycles. The van der Waals surface area contributed by atoms with Gasteiger partial charge in [0, 0.05) is 22.8 Å². The molecule has 1 aromatic carbocycles. The van der Waals surface area contributed by atoms with Crippen LogP contribution in [0.4, 0.5) is 11.6 Å². The molecule has 7 nitrogen and oxygen atoms in total. The molecule has 0 saturated carbocycles. The molecule has 0 saturated heterocycles. The number of amides is 1. The van der Waals surface area contributed by atoms with Crippen LogP contribution in [0.1, 0.15) is 21.7 Å². The summed E-state index contributed by atoms with van der Waals surface area (Å²) in [5.74, 6) is -0.127. The van der Waals surface area contributed by atoms with Crippen LogP contribution in [0.2, 0.25) is 0 Å². The molecule has 0 bridgehead atoms. The molecule has 21 heavy (non-hydrogen) atoms. The van der Waals surface area contributed by atoms with E-state index in [2.05, 4.69) is 25.5 Å².